The van der Waals surface area contributed by atoms with E-state index in [0.717, 1.165) is 28.0 Å². The number of carbonyl (C=O) groups is 2. The molecule has 5 rings (SSSR count). The molecule has 3 heterocycles. The van der Waals surface area contributed by atoms with Gasteiger partial charge in [-0.25, -0.2) is 9.29 Å². The summed E-state index contributed by atoms with van der Waals surface area (Å²) in [5.41, 5.74) is 0.827. The number of ether oxygens (including phenoxy) is 2. The second kappa shape index (κ2) is 7.92. The molecule has 1 aromatic heterocycles. The minimum absolute atomic E-state index is 0.135. The maximum absolute atomic E-state index is 13.6. The number of benzene rings is 2. The van der Waals surface area contributed by atoms with Crippen LogP contribution in [0.25, 0.3) is 0 Å². The topological polar surface area (TPSA) is 109 Å². The molecule has 8 nitrogen and oxygen atoms in total. The van der Waals surface area contributed by atoms with Crippen LogP contribution in [0.3, 0.4) is 0 Å². The summed E-state index contributed by atoms with van der Waals surface area (Å²) in [6.07, 6.45) is 0. The number of aromatic nitrogens is 1. The van der Waals surface area contributed by atoms with Gasteiger partial charge in [-0.15, -0.1) is 0 Å². The van der Waals surface area contributed by atoms with Gasteiger partial charge in [0.1, 0.15) is 11.1 Å². The van der Waals surface area contributed by atoms with Gasteiger partial charge in [0.05, 0.1) is 30.9 Å². The first-order chi connectivity index (χ1) is 15.8. The molecule has 0 radical (unpaired) electrons. The molecule has 0 saturated carbocycles. The lowest BCUT2D eigenvalue weighted by Gasteiger charge is -2.30. The first kappa shape index (κ1) is 21.5. The van der Waals surface area contributed by atoms with Crippen molar-refractivity contribution in [2.24, 2.45) is 5.92 Å². The predicted molar refractivity (Wildman–Crippen MR) is 120 cm³/mol. The minimum atomic E-state index is -0.828. The van der Waals surface area contributed by atoms with E-state index in [9.17, 15) is 23.9 Å². The molecule has 0 spiro atoms. The standard InChI is InChI=1S/C22H17FN2O6S2/c1-30-12-7-9(8-13(31-2)16(12)26)14-15-18(32-19-17(14)33-22(29)24-19)21(28)25(20(15)27)11-5-3-10(23)4-6-11/h3-8,14-15,18,26H,1-2H3,(H,24,29)/t14-,15-,18+/m0/s1. The molecule has 2 aliphatic rings. The number of anilines is 1. The van der Waals surface area contributed by atoms with Gasteiger partial charge in [0.25, 0.3) is 0 Å². The van der Waals surface area contributed by atoms with E-state index in [2.05, 4.69) is 4.98 Å². The highest BCUT2D eigenvalue weighted by atomic mass is 32.2. The van der Waals surface area contributed by atoms with Gasteiger partial charge in [-0.3, -0.25) is 14.4 Å². The lowest BCUT2D eigenvalue weighted by molar-refractivity contribution is -0.122. The number of nitrogens with zero attached hydrogens (tertiary/aromatic N) is 1. The summed E-state index contributed by atoms with van der Waals surface area (Å²) < 4.78 is 24.0. The second-order valence-corrected chi connectivity index (χ2v) is 9.68. The van der Waals surface area contributed by atoms with Crippen LogP contribution in [0.15, 0.2) is 46.2 Å². The Balaban J connectivity index is 1.68. The quantitative estimate of drug-likeness (QED) is 0.543. The van der Waals surface area contributed by atoms with Crippen LogP contribution in [0.2, 0.25) is 0 Å². The average molecular weight is 489 g/mol. The summed E-state index contributed by atoms with van der Waals surface area (Å²) in [5, 5.41) is 10.1. The van der Waals surface area contributed by atoms with Gasteiger partial charge < -0.3 is 19.6 Å². The van der Waals surface area contributed by atoms with Crippen molar-refractivity contribution in [3.05, 3.63) is 62.3 Å². The van der Waals surface area contributed by atoms with Crippen molar-refractivity contribution in [3.8, 4) is 17.2 Å². The van der Waals surface area contributed by atoms with Crippen LogP contribution in [0, 0.1) is 11.7 Å². The molecule has 1 saturated heterocycles. The number of aromatic amines is 1. The van der Waals surface area contributed by atoms with E-state index in [1.807, 2.05) is 0 Å². The number of methoxy groups -OCH3 is 2. The molecular weight excluding hydrogens is 471 g/mol. The zero-order chi connectivity index (χ0) is 23.4. The molecule has 3 atom stereocenters. The van der Waals surface area contributed by atoms with Crippen molar-refractivity contribution < 1.29 is 28.6 Å². The van der Waals surface area contributed by atoms with Crippen molar-refractivity contribution in [2.45, 2.75) is 16.2 Å². The fourth-order valence-electron chi connectivity index (χ4n) is 4.31. The molecular formula is C22H17FN2O6S2. The van der Waals surface area contributed by atoms with E-state index in [1.54, 1.807) is 12.1 Å². The largest absolute Gasteiger partial charge is 0.502 e. The predicted octanol–water partition coefficient (Wildman–Crippen LogP) is 3.09. The number of rotatable bonds is 4. The highest BCUT2D eigenvalue weighted by molar-refractivity contribution is 8.00. The molecule has 2 N–H and O–H groups in total. The Morgan fingerprint density at radius 1 is 1.03 bits per heavy atom. The summed E-state index contributed by atoms with van der Waals surface area (Å²) in [6.45, 7) is 0. The van der Waals surface area contributed by atoms with Crippen molar-refractivity contribution in [1.82, 2.24) is 4.98 Å². The molecule has 11 heteroatoms. The van der Waals surface area contributed by atoms with Gasteiger partial charge in [-0.05, 0) is 42.0 Å². The van der Waals surface area contributed by atoms with Crippen LogP contribution < -0.4 is 19.2 Å². The first-order valence-electron chi connectivity index (χ1n) is 9.82. The number of phenols is 1. The average Bonchev–Trinajstić information content (AvgIpc) is 3.29. The van der Waals surface area contributed by atoms with E-state index >= 15 is 0 Å². The van der Waals surface area contributed by atoms with Crippen LogP contribution in [-0.4, -0.2) is 41.4 Å². The number of hydrogen-bond donors (Lipinski definition) is 2. The number of aromatic hydroxyl groups is 1. The number of nitrogens with one attached hydrogen (secondary N) is 1. The molecule has 2 amide bonds. The smallest absolute Gasteiger partial charge is 0.305 e. The van der Waals surface area contributed by atoms with Gasteiger partial charge in [-0.1, -0.05) is 23.1 Å². The third-order valence-electron chi connectivity index (χ3n) is 5.77. The molecule has 2 aliphatic heterocycles. The molecule has 0 bridgehead atoms. The van der Waals surface area contributed by atoms with Crippen LogP contribution in [-0.2, 0) is 9.59 Å². The number of phenolic OH excluding ortho intramolecular Hbond substituents is 1. The van der Waals surface area contributed by atoms with E-state index in [1.165, 1.54) is 38.5 Å². The number of thiazole rings is 1. The summed E-state index contributed by atoms with van der Waals surface area (Å²) in [7, 11) is 2.77. The second-order valence-electron chi connectivity index (χ2n) is 7.51. The molecule has 0 aliphatic carbocycles. The number of carbonyl (C=O) groups excluding carboxylic acids is 2. The van der Waals surface area contributed by atoms with Gasteiger partial charge in [0.2, 0.25) is 17.6 Å². The Hall–Kier alpha value is -3.31. The van der Waals surface area contributed by atoms with Gasteiger partial charge in [0, 0.05) is 10.8 Å². The number of amides is 2. The number of thioether (sulfide) groups is 1. The van der Waals surface area contributed by atoms with Crippen LogP contribution in [0.1, 0.15) is 16.4 Å². The summed E-state index contributed by atoms with van der Waals surface area (Å²) in [6, 6.07) is 8.28. The van der Waals surface area contributed by atoms with E-state index < -0.39 is 34.7 Å². The Bertz CT molecular complexity index is 1310. The number of fused-ring (bicyclic) bond motifs is 2. The molecule has 0 unspecified atom stereocenters. The number of imide groups is 1. The van der Waals surface area contributed by atoms with Crippen LogP contribution in [0.4, 0.5) is 10.1 Å². The zero-order valence-corrected chi connectivity index (χ0v) is 19.0. The maximum Gasteiger partial charge on any atom is 0.305 e. The van der Waals surface area contributed by atoms with Gasteiger partial charge >= 0.3 is 4.87 Å². The number of H-pyrrole nitrogens is 1. The normalized spacial score (nSPS) is 21.7. The highest BCUT2D eigenvalue weighted by Crippen LogP contribution is 2.54. The van der Waals surface area contributed by atoms with Gasteiger partial charge in [-0.2, -0.15) is 0 Å². The van der Waals surface area contributed by atoms with Crippen LogP contribution >= 0.6 is 23.1 Å². The molecule has 33 heavy (non-hydrogen) atoms. The fourth-order valence-corrected chi connectivity index (χ4v) is 6.83. The summed E-state index contributed by atoms with van der Waals surface area (Å²) in [5.74, 6) is -2.80. The molecule has 1 fully saturated rings. The monoisotopic (exact) mass is 488 g/mol. The third-order valence-corrected chi connectivity index (χ3v) is 8.17. The Kier molecular flexibility index (Phi) is 5.17. The minimum Gasteiger partial charge on any atom is -0.502 e. The zero-order valence-electron chi connectivity index (χ0n) is 17.3. The lowest BCUT2D eigenvalue weighted by Crippen LogP contribution is -2.32. The number of hydrogen-bond acceptors (Lipinski definition) is 8. The Morgan fingerprint density at radius 3 is 2.27 bits per heavy atom. The van der Waals surface area contributed by atoms with Crippen molar-refractivity contribution in [1.29, 1.82) is 0 Å². The van der Waals surface area contributed by atoms with E-state index in [-0.39, 0.29) is 27.8 Å². The summed E-state index contributed by atoms with van der Waals surface area (Å²) >= 11 is 2.11. The first-order valence-corrected chi connectivity index (χ1v) is 11.5. The summed E-state index contributed by atoms with van der Waals surface area (Å²) in [4.78, 5) is 43.3. The van der Waals surface area contributed by atoms with Crippen LogP contribution in [0.5, 0.6) is 17.2 Å². The molecule has 3 aromatic rings. The Morgan fingerprint density at radius 2 is 1.67 bits per heavy atom. The van der Waals surface area contributed by atoms with Gasteiger partial charge in [0.15, 0.2) is 11.5 Å². The maximum atomic E-state index is 13.6. The van der Waals surface area contributed by atoms with Crippen molar-refractivity contribution >= 4 is 40.6 Å². The number of halogens is 1. The third kappa shape index (κ3) is 3.30. The lowest BCUT2D eigenvalue weighted by atomic mass is 9.83. The molecule has 2 aromatic carbocycles. The van der Waals surface area contributed by atoms with E-state index in [0.29, 0.717) is 15.5 Å². The van der Waals surface area contributed by atoms with E-state index in [4.69, 9.17) is 9.47 Å². The fraction of sp³-hybridized carbons (Fsp3) is 0.227. The van der Waals surface area contributed by atoms with Crippen molar-refractivity contribution in [2.75, 3.05) is 19.1 Å². The SMILES string of the molecule is COc1cc([C@@H]2c3sc(=O)[nH]c3S[C@H]3C(=O)N(c4ccc(F)cc4)C(=O)[C@@H]23)cc(OC)c1O. The van der Waals surface area contributed by atoms with Crippen molar-refractivity contribution in [3.63, 3.8) is 0 Å². The Labute approximate surface area is 195 Å². The highest BCUT2D eigenvalue weighted by Gasteiger charge is 2.56. The molecule has 170 valence electrons.